The van der Waals surface area contributed by atoms with Gasteiger partial charge in [0.25, 0.3) is 0 Å². The lowest BCUT2D eigenvalue weighted by molar-refractivity contribution is -0.114. The number of ether oxygens (including phenoxy) is 1. The maximum atomic E-state index is 11.4. The standard InChI is InChI=1S/C14H20ClN3O2/c1-10(19)17-14-11(9-18-7-5-16-6-8-18)12(15)3-4-13(14)20-2/h3-4,16H,5-9H2,1-2H3,(H,17,19). The number of carbonyl (C=O) groups excluding carboxylic acids is 1. The van der Waals surface area contributed by atoms with Crippen LogP contribution in [0.25, 0.3) is 0 Å². The number of hydrogen-bond donors (Lipinski definition) is 2. The van der Waals surface area contributed by atoms with Gasteiger partial charge in [0.1, 0.15) is 5.75 Å². The topological polar surface area (TPSA) is 53.6 Å². The van der Waals surface area contributed by atoms with Gasteiger partial charge in [-0.3, -0.25) is 9.69 Å². The average Bonchev–Trinajstić information content (AvgIpc) is 2.44. The van der Waals surface area contributed by atoms with Crippen LogP contribution in [0, 0.1) is 0 Å². The molecule has 1 aliphatic heterocycles. The van der Waals surface area contributed by atoms with Crippen molar-refractivity contribution in [1.82, 2.24) is 10.2 Å². The maximum absolute atomic E-state index is 11.4. The number of carbonyl (C=O) groups is 1. The Balaban J connectivity index is 2.30. The first-order valence-corrected chi connectivity index (χ1v) is 7.05. The Kier molecular flexibility index (Phi) is 5.23. The molecule has 2 rings (SSSR count). The Morgan fingerprint density at radius 1 is 1.45 bits per heavy atom. The molecule has 6 heteroatoms. The van der Waals surface area contributed by atoms with E-state index >= 15 is 0 Å². The van der Waals surface area contributed by atoms with Gasteiger partial charge in [-0.1, -0.05) is 11.6 Å². The number of hydrogen-bond acceptors (Lipinski definition) is 4. The van der Waals surface area contributed by atoms with Crippen LogP contribution in [0.4, 0.5) is 5.69 Å². The first-order chi connectivity index (χ1) is 9.61. The Morgan fingerprint density at radius 3 is 2.75 bits per heavy atom. The largest absolute Gasteiger partial charge is 0.495 e. The summed E-state index contributed by atoms with van der Waals surface area (Å²) in [6.45, 7) is 6.05. The summed E-state index contributed by atoms with van der Waals surface area (Å²) in [7, 11) is 1.59. The molecule has 1 aromatic carbocycles. The molecule has 1 fully saturated rings. The number of rotatable bonds is 4. The molecule has 5 nitrogen and oxygen atoms in total. The van der Waals surface area contributed by atoms with Crippen LogP contribution in [0.1, 0.15) is 12.5 Å². The van der Waals surface area contributed by atoms with Crippen molar-refractivity contribution in [2.45, 2.75) is 13.5 Å². The quantitative estimate of drug-likeness (QED) is 0.888. The zero-order valence-corrected chi connectivity index (χ0v) is 12.6. The highest BCUT2D eigenvalue weighted by Gasteiger charge is 2.18. The summed E-state index contributed by atoms with van der Waals surface area (Å²) in [6, 6.07) is 3.58. The van der Waals surface area contributed by atoms with Gasteiger partial charge < -0.3 is 15.4 Å². The van der Waals surface area contributed by atoms with Gasteiger partial charge in [0.05, 0.1) is 12.8 Å². The number of nitrogens with one attached hydrogen (secondary N) is 2. The van der Waals surface area contributed by atoms with Crippen molar-refractivity contribution in [3.05, 3.63) is 22.7 Å². The Bertz CT molecular complexity index is 488. The Labute approximate surface area is 124 Å². The highest BCUT2D eigenvalue weighted by molar-refractivity contribution is 6.32. The second-order valence-electron chi connectivity index (χ2n) is 4.81. The van der Waals surface area contributed by atoms with Crippen molar-refractivity contribution < 1.29 is 9.53 Å². The minimum atomic E-state index is -0.132. The molecule has 0 atom stereocenters. The van der Waals surface area contributed by atoms with E-state index in [0.29, 0.717) is 23.0 Å². The molecule has 0 spiro atoms. The number of benzene rings is 1. The molecule has 20 heavy (non-hydrogen) atoms. The van der Waals surface area contributed by atoms with E-state index in [1.54, 1.807) is 13.2 Å². The normalized spacial score (nSPS) is 15.9. The van der Waals surface area contributed by atoms with E-state index in [2.05, 4.69) is 15.5 Å². The lowest BCUT2D eigenvalue weighted by Crippen LogP contribution is -2.43. The van der Waals surface area contributed by atoms with E-state index in [4.69, 9.17) is 16.3 Å². The molecule has 1 heterocycles. The van der Waals surface area contributed by atoms with Crippen molar-refractivity contribution in [2.75, 3.05) is 38.6 Å². The van der Waals surface area contributed by atoms with Crippen LogP contribution in [0.5, 0.6) is 5.75 Å². The number of piperazine rings is 1. The fourth-order valence-electron chi connectivity index (χ4n) is 2.33. The van der Waals surface area contributed by atoms with E-state index in [9.17, 15) is 4.79 Å². The molecule has 1 aromatic rings. The molecule has 1 aliphatic rings. The van der Waals surface area contributed by atoms with E-state index in [1.165, 1.54) is 6.92 Å². The van der Waals surface area contributed by atoms with Crippen molar-refractivity contribution in [1.29, 1.82) is 0 Å². The summed E-state index contributed by atoms with van der Waals surface area (Å²) in [6.07, 6.45) is 0. The molecule has 2 N–H and O–H groups in total. The average molecular weight is 298 g/mol. The molecular formula is C14H20ClN3O2. The lowest BCUT2D eigenvalue weighted by Gasteiger charge is -2.28. The molecule has 0 aliphatic carbocycles. The van der Waals surface area contributed by atoms with Crippen LogP contribution in [0.2, 0.25) is 5.02 Å². The monoisotopic (exact) mass is 297 g/mol. The molecule has 0 unspecified atom stereocenters. The van der Waals surface area contributed by atoms with Crippen LogP contribution in [0.15, 0.2) is 12.1 Å². The van der Waals surface area contributed by atoms with Crippen LogP contribution in [-0.4, -0.2) is 44.1 Å². The third-order valence-corrected chi connectivity index (χ3v) is 3.68. The third-order valence-electron chi connectivity index (χ3n) is 3.33. The smallest absolute Gasteiger partial charge is 0.221 e. The van der Waals surface area contributed by atoms with Crippen molar-refractivity contribution >= 4 is 23.2 Å². The molecule has 0 bridgehead atoms. The summed E-state index contributed by atoms with van der Waals surface area (Å²) in [4.78, 5) is 13.7. The first-order valence-electron chi connectivity index (χ1n) is 6.68. The van der Waals surface area contributed by atoms with Crippen LogP contribution >= 0.6 is 11.6 Å². The van der Waals surface area contributed by atoms with Gasteiger partial charge >= 0.3 is 0 Å². The molecule has 0 aromatic heterocycles. The zero-order valence-electron chi connectivity index (χ0n) is 11.8. The van der Waals surface area contributed by atoms with E-state index < -0.39 is 0 Å². The van der Waals surface area contributed by atoms with E-state index in [0.717, 1.165) is 31.7 Å². The minimum Gasteiger partial charge on any atom is -0.495 e. The third kappa shape index (κ3) is 3.62. The van der Waals surface area contributed by atoms with Crippen molar-refractivity contribution in [3.63, 3.8) is 0 Å². The predicted octanol–water partition coefficient (Wildman–Crippen LogP) is 1.71. The molecule has 0 saturated carbocycles. The van der Waals surface area contributed by atoms with Crippen molar-refractivity contribution in [2.24, 2.45) is 0 Å². The number of amides is 1. The van der Waals surface area contributed by atoms with Gasteiger partial charge in [-0.05, 0) is 12.1 Å². The number of nitrogens with zero attached hydrogens (tertiary/aromatic N) is 1. The van der Waals surface area contributed by atoms with E-state index in [1.807, 2.05) is 6.07 Å². The predicted molar refractivity (Wildman–Crippen MR) is 80.5 cm³/mol. The summed E-state index contributed by atoms with van der Waals surface area (Å²) in [5.74, 6) is 0.502. The van der Waals surface area contributed by atoms with Crippen LogP contribution in [0.3, 0.4) is 0 Å². The van der Waals surface area contributed by atoms with Crippen molar-refractivity contribution in [3.8, 4) is 5.75 Å². The van der Waals surface area contributed by atoms with Gasteiger partial charge in [0.15, 0.2) is 0 Å². The fraction of sp³-hybridized carbons (Fsp3) is 0.500. The summed E-state index contributed by atoms with van der Waals surface area (Å²) >= 11 is 6.31. The van der Waals surface area contributed by atoms with Crippen LogP contribution in [-0.2, 0) is 11.3 Å². The molecule has 1 saturated heterocycles. The summed E-state index contributed by atoms with van der Waals surface area (Å²) in [5, 5.41) is 6.79. The molecule has 110 valence electrons. The fourth-order valence-corrected chi connectivity index (χ4v) is 2.55. The molecule has 1 amide bonds. The first kappa shape index (κ1) is 15.1. The SMILES string of the molecule is COc1ccc(Cl)c(CN2CCNCC2)c1NC(C)=O. The Hall–Kier alpha value is -1.30. The highest BCUT2D eigenvalue weighted by atomic mass is 35.5. The Morgan fingerprint density at radius 2 is 2.15 bits per heavy atom. The van der Waals surface area contributed by atoms with Crippen LogP contribution < -0.4 is 15.4 Å². The number of anilines is 1. The second kappa shape index (κ2) is 6.92. The maximum Gasteiger partial charge on any atom is 0.221 e. The van der Waals surface area contributed by atoms with Gasteiger partial charge in [-0.15, -0.1) is 0 Å². The molecular weight excluding hydrogens is 278 g/mol. The lowest BCUT2D eigenvalue weighted by atomic mass is 10.1. The van der Waals surface area contributed by atoms with Gasteiger partial charge in [0.2, 0.25) is 5.91 Å². The van der Waals surface area contributed by atoms with E-state index in [-0.39, 0.29) is 5.91 Å². The van der Waals surface area contributed by atoms with Gasteiger partial charge in [-0.25, -0.2) is 0 Å². The molecule has 0 radical (unpaired) electrons. The zero-order chi connectivity index (χ0) is 14.5. The highest BCUT2D eigenvalue weighted by Crippen LogP contribution is 2.34. The summed E-state index contributed by atoms with van der Waals surface area (Å²) in [5.41, 5.74) is 1.58. The number of methoxy groups -OCH3 is 1. The number of halogens is 1. The minimum absolute atomic E-state index is 0.132. The summed E-state index contributed by atoms with van der Waals surface area (Å²) < 4.78 is 5.33. The van der Waals surface area contributed by atoms with Gasteiger partial charge in [-0.2, -0.15) is 0 Å². The van der Waals surface area contributed by atoms with Gasteiger partial charge in [0, 0.05) is 50.2 Å². The second-order valence-corrected chi connectivity index (χ2v) is 5.22.